The number of nitrogen functional groups attached to an aromatic ring is 1. The zero-order valence-electron chi connectivity index (χ0n) is 6.85. The van der Waals surface area contributed by atoms with Gasteiger partial charge in [-0.1, -0.05) is 0 Å². The highest BCUT2D eigenvalue weighted by Gasteiger charge is 2.30. The molecule has 13 heavy (non-hydrogen) atoms. The fourth-order valence-corrected chi connectivity index (χ4v) is 1.44. The lowest BCUT2D eigenvalue weighted by molar-refractivity contribution is -0.137. The predicted octanol–water partition coefficient (Wildman–Crippen LogP) is 3.01. The number of nitrogens with two attached hydrogens (primary N) is 1. The van der Waals surface area contributed by atoms with Crippen molar-refractivity contribution in [2.45, 2.75) is 11.1 Å². The fourth-order valence-electron chi connectivity index (χ4n) is 0.887. The maximum Gasteiger partial charge on any atom is 0.416 e. The predicted molar refractivity (Wildman–Crippen MR) is 47.6 cm³/mol. The molecule has 1 nitrogen and oxygen atoms in total. The van der Waals surface area contributed by atoms with E-state index in [4.69, 9.17) is 5.73 Å². The molecule has 0 saturated heterocycles. The van der Waals surface area contributed by atoms with E-state index in [0.717, 1.165) is 12.1 Å². The number of halogens is 3. The van der Waals surface area contributed by atoms with Crippen molar-refractivity contribution in [1.29, 1.82) is 0 Å². The highest BCUT2D eigenvalue weighted by atomic mass is 32.2. The molecule has 0 atom stereocenters. The zero-order chi connectivity index (χ0) is 10.1. The molecule has 0 bridgehead atoms. The molecular formula is C8H8F3NS. The first-order valence-corrected chi connectivity index (χ1v) is 4.68. The standard InChI is InChI=1S/C8H8F3NS/c1-13-7-4-5(8(9,10)11)2-3-6(7)12/h2-4H,12H2,1H3. The van der Waals surface area contributed by atoms with Crippen LogP contribution in [0.4, 0.5) is 18.9 Å². The van der Waals surface area contributed by atoms with E-state index in [9.17, 15) is 13.2 Å². The molecule has 0 aliphatic heterocycles. The van der Waals surface area contributed by atoms with Crippen molar-refractivity contribution in [3.8, 4) is 0 Å². The SMILES string of the molecule is CSc1cc(C(F)(F)F)ccc1N. The van der Waals surface area contributed by atoms with Crippen LogP contribution in [-0.2, 0) is 6.18 Å². The van der Waals surface area contributed by atoms with Crippen LogP contribution in [0.2, 0.25) is 0 Å². The van der Waals surface area contributed by atoms with Crippen molar-refractivity contribution in [3.05, 3.63) is 23.8 Å². The average Bonchev–Trinajstić information content (AvgIpc) is 2.03. The third-order valence-corrected chi connectivity index (χ3v) is 2.35. The summed E-state index contributed by atoms with van der Waals surface area (Å²) in [6.45, 7) is 0. The molecule has 0 unspecified atom stereocenters. The molecule has 0 radical (unpaired) electrons. The van der Waals surface area contributed by atoms with Gasteiger partial charge in [0.2, 0.25) is 0 Å². The first-order chi connectivity index (χ1) is 5.95. The molecule has 0 saturated carbocycles. The maximum absolute atomic E-state index is 12.2. The van der Waals surface area contributed by atoms with Gasteiger partial charge in [-0.25, -0.2) is 0 Å². The lowest BCUT2D eigenvalue weighted by atomic mass is 10.2. The summed E-state index contributed by atoms with van der Waals surface area (Å²) in [6, 6.07) is 3.31. The minimum Gasteiger partial charge on any atom is -0.398 e. The van der Waals surface area contributed by atoms with Gasteiger partial charge in [-0.2, -0.15) is 13.2 Å². The summed E-state index contributed by atoms with van der Waals surface area (Å²) < 4.78 is 36.6. The van der Waals surface area contributed by atoms with Crippen LogP contribution >= 0.6 is 11.8 Å². The number of anilines is 1. The van der Waals surface area contributed by atoms with Crippen molar-refractivity contribution < 1.29 is 13.2 Å². The average molecular weight is 207 g/mol. The smallest absolute Gasteiger partial charge is 0.398 e. The second-order valence-corrected chi connectivity index (χ2v) is 3.30. The molecule has 1 aromatic carbocycles. The minimum atomic E-state index is -4.29. The molecule has 0 fully saturated rings. The fraction of sp³-hybridized carbons (Fsp3) is 0.250. The highest BCUT2D eigenvalue weighted by Crippen LogP contribution is 2.33. The van der Waals surface area contributed by atoms with Crippen molar-refractivity contribution in [3.63, 3.8) is 0 Å². The molecule has 0 aromatic heterocycles. The Balaban J connectivity index is 3.14. The molecule has 1 aromatic rings. The van der Waals surface area contributed by atoms with Gasteiger partial charge in [0.1, 0.15) is 0 Å². The summed E-state index contributed by atoms with van der Waals surface area (Å²) in [7, 11) is 0. The van der Waals surface area contributed by atoms with Gasteiger partial charge >= 0.3 is 6.18 Å². The van der Waals surface area contributed by atoms with E-state index in [1.165, 1.54) is 17.8 Å². The Hall–Kier alpha value is -0.840. The minimum absolute atomic E-state index is 0.375. The Morgan fingerprint density at radius 1 is 1.31 bits per heavy atom. The number of thioether (sulfide) groups is 1. The van der Waals surface area contributed by atoms with E-state index in [-0.39, 0.29) is 0 Å². The van der Waals surface area contributed by atoms with Gasteiger partial charge in [-0.3, -0.25) is 0 Å². The van der Waals surface area contributed by atoms with Crippen LogP contribution in [-0.4, -0.2) is 6.26 Å². The topological polar surface area (TPSA) is 26.0 Å². The van der Waals surface area contributed by atoms with Gasteiger partial charge < -0.3 is 5.73 Å². The molecule has 0 spiro atoms. The molecule has 0 amide bonds. The van der Waals surface area contributed by atoms with Gasteiger partial charge in [0, 0.05) is 10.6 Å². The number of hydrogen-bond acceptors (Lipinski definition) is 2. The van der Waals surface area contributed by atoms with Crippen LogP contribution < -0.4 is 5.73 Å². The summed E-state index contributed by atoms with van der Waals surface area (Å²) >= 11 is 1.20. The maximum atomic E-state index is 12.2. The van der Waals surface area contributed by atoms with Gasteiger partial charge in [0.15, 0.2) is 0 Å². The van der Waals surface area contributed by atoms with Gasteiger partial charge in [0.25, 0.3) is 0 Å². The lowest BCUT2D eigenvalue weighted by Gasteiger charge is -2.09. The molecule has 1 rings (SSSR count). The molecule has 5 heteroatoms. The second kappa shape index (κ2) is 3.49. The van der Waals surface area contributed by atoms with Crippen LogP contribution in [0.3, 0.4) is 0 Å². The summed E-state index contributed by atoms with van der Waals surface area (Å²) in [5, 5.41) is 0. The quantitative estimate of drug-likeness (QED) is 0.566. The second-order valence-electron chi connectivity index (χ2n) is 2.45. The molecule has 0 aliphatic carbocycles. The van der Waals surface area contributed by atoms with E-state index in [2.05, 4.69) is 0 Å². The third-order valence-electron chi connectivity index (χ3n) is 1.56. The number of hydrogen-bond donors (Lipinski definition) is 1. The van der Waals surface area contributed by atoms with Crippen molar-refractivity contribution in [2.75, 3.05) is 12.0 Å². The third kappa shape index (κ3) is 2.30. The first-order valence-electron chi connectivity index (χ1n) is 3.46. The summed E-state index contributed by atoms with van der Waals surface area (Å²) in [5.74, 6) is 0. The van der Waals surface area contributed by atoms with Gasteiger partial charge in [0.05, 0.1) is 5.56 Å². The summed E-state index contributed by atoms with van der Waals surface area (Å²) in [4.78, 5) is 0.454. The molecule has 0 aliphatic rings. The summed E-state index contributed by atoms with van der Waals surface area (Å²) in [6.07, 6.45) is -2.61. The number of benzene rings is 1. The van der Waals surface area contributed by atoms with Gasteiger partial charge in [-0.05, 0) is 24.5 Å². The Labute approximate surface area is 78.1 Å². The van der Waals surface area contributed by atoms with Crippen molar-refractivity contribution in [2.24, 2.45) is 0 Å². The van der Waals surface area contributed by atoms with Crippen molar-refractivity contribution >= 4 is 17.4 Å². The van der Waals surface area contributed by atoms with E-state index in [0.29, 0.717) is 10.6 Å². The van der Waals surface area contributed by atoms with Crippen molar-refractivity contribution in [1.82, 2.24) is 0 Å². The number of rotatable bonds is 1. The highest BCUT2D eigenvalue weighted by molar-refractivity contribution is 7.98. The Morgan fingerprint density at radius 3 is 2.38 bits per heavy atom. The van der Waals surface area contributed by atoms with E-state index >= 15 is 0 Å². The Morgan fingerprint density at radius 2 is 1.92 bits per heavy atom. The zero-order valence-corrected chi connectivity index (χ0v) is 7.67. The monoisotopic (exact) mass is 207 g/mol. The Kier molecular flexibility index (Phi) is 2.75. The molecular weight excluding hydrogens is 199 g/mol. The van der Waals surface area contributed by atoms with E-state index in [1.807, 2.05) is 0 Å². The number of alkyl halides is 3. The van der Waals surface area contributed by atoms with Crippen LogP contribution in [0.15, 0.2) is 23.1 Å². The first kappa shape index (κ1) is 10.2. The Bertz CT molecular complexity index is 309. The van der Waals surface area contributed by atoms with Crippen LogP contribution in [0.25, 0.3) is 0 Å². The van der Waals surface area contributed by atoms with Crippen LogP contribution in [0, 0.1) is 0 Å². The van der Waals surface area contributed by atoms with Crippen LogP contribution in [0.1, 0.15) is 5.56 Å². The summed E-state index contributed by atoms with van der Waals surface area (Å²) in [5.41, 5.74) is 5.17. The largest absolute Gasteiger partial charge is 0.416 e. The van der Waals surface area contributed by atoms with Crippen LogP contribution in [0.5, 0.6) is 0 Å². The van der Waals surface area contributed by atoms with Gasteiger partial charge in [-0.15, -0.1) is 11.8 Å². The molecule has 2 N–H and O–H groups in total. The molecule has 72 valence electrons. The lowest BCUT2D eigenvalue weighted by Crippen LogP contribution is -2.05. The molecule has 0 heterocycles. The van der Waals surface area contributed by atoms with E-state index < -0.39 is 11.7 Å². The normalized spacial score (nSPS) is 11.7. The van der Waals surface area contributed by atoms with E-state index in [1.54, 1.807) is 6.26 Å².